The van der Waals surface area contributed by atoms with E-state index < -0.39 is 6.04 Å². The number of nitrogens with zero attached hydrogens (tertiary/aromatic N) is 1. The van der Waals surface area contributed by atoms with E-state index in [4.69, 9.17) is 21.1 Å². The van der Waals surface area contributed by atoms with E-state index in [-0.39, 0.29) is 30.3 Å². The Morgan fingerprint density at radius 2 is 1.69 bits per heavy atom. The molecule has 1 fully saturated rings. The average molecular weight is 503 g/mol. The Labute approximate surface area is 210 Å². The molecular weight excluding hydrogens is 472 g/mol. The molecule has 0 aromatic heterocycles. The summed E-state index contributed by atoms with van der Waals surface area (Å²) in [6.45, 7) is 2.35. The molecular formula is C25H31ClN4O5. The molecule has 1 aliphatic heterocycles. The SMILES string of the molecule is COc1cc(C[C@H](NC(C)=O)C(=O)NC2CCN(C(=O)Nc3ccccc3Cl)CC2)cc(OC)c1. The second kappa shape index (κ2) is 12.3. The van der Waals surface area contributed by atoms with Crippen molar-refractivity contribution >= 4 is 35.1 Å². The van der Waals surface area contributed by atoms with E-state index in [1.807, 2.05) is 0 Å². The highest BCUT2D eigenvalue weighted by Crippen LogP contribution is 2.24. The molecule has 0 bridgehead atoms. The van der Waals surface area contributed by atoms with Crippen molar-refractivity contribution in [1.29, 1.82) is 0 Å². The van der Waals surface area contributed by atoms with Crippen molar-refractivity contribution in [2.45, 2.75) is 38.3 Å². The van der Waals surface area contributed by atoms with Crippen LogP contribution in [0.5, 0.6) is 11.5 Å². The average Bonchev–Trinajstić information content (AvgIpc) is 2.84. The van der Waals surface area contributed by atoms with E-state index in [2.05, 4.69) is 16.0 Å². The van der Waals surface area contributed by atoms with Crippen LogP contribution in [0.3, 0.4) is 0 Å². The van der Waals surface area contributed by atoms with Gasteiger partial charge in [0.2, 0.25) is 11.8 Å². The highest BCUT2D eigenvalue weighted by atomic mass is 35.5. The monoisotopic (exact) mass is 502 g/mol. The first kappa shape index (κ1) is 26.2. The number of carbonyl (C=O) groups excluding carboxylic acids is 3. The van der Waals surface area contributed by atoms with Crippen molar-refractivity contribution in [1.82, 2.24) is 15.5 Å². The molecule has 35 heavy (non-hydrogen) atoms. The number of likely N-dealkylation sites (tertiary alicyclic amines) is 1. The summed E-state index contributed by atoms with van der Waals surface area (Å²) in [5.41, 5.74) is 1.35. The Hall–Kier alpha value is -3.46. The van der Waals surface area contributed by atoms with Crippen molar-refractivity contribution < 1.29 is 23.9 Å². The topological polar surface area (TPSA) is 109 Å². The van der Waals surface area contributed by atoms with Gasteiger partial charge in [-0.05, 0) is 42.7 Å². The van der Waals surface area contributed by atoms with Crippen molar-refractivity contribution in [3.63, 3.8) is 0 Å². The van der Waals surface area contributed by atoms with E-state index in [0.717, 1.165) is 5.56 Å². The quantitative estimate of drug-likeness (QED) is 0.513. The lowest BCUT2D eigenvalue weighted by atomic mass is 10.0. The lowest BCUT2D eigenvalue weighted by molar-refractivity contribution is -0.128. The summed E-state index contributed by atoms with van der Waals surface area (Å²) >= 11 is 6.12. The summed E-state index contributed by atoms with van der Waals surface area (Å²) < 4.78 is 10.6. The third kappa shape index (κ3) is 7.51. The van der Waals surface area contributed by atoms with Crippen LogP contribution in [0.15, 0.2) is 42.5 Å². The first-order valence-corrected chi connectivity index (χ1v) is 11.8. The van der Waals surface area contributed by atoms with Gasteiger partial charge in [-0.2, -0.15) is 0 Å². The summed E-state index contributed by atoms with van der Waals surface area (Å²) in [5.74, 6) is 0.625. The number of methoxy groups -OCH3 is 2. The van der Waals surface area contributed by atoms with Crippen LogP contribution in [0.4, 0.5) is 10.5 Å². The van der Waals surface area contributed by atoms with Crippen LogP contribution < -0.4 is 25.4 Å². The minimum Gasteiger partial charge on any atom is -0.497 e. The largest absolute Gasteiger partial charge is 0.497 e. The third-order valence-corrected chi connectivity index (χ3v) is 6.12. The van der Waals surface area contributed by atoms with E-state index in [1.54, 1.807) is 61.6 Å². The number of nitrogens with one attached hydrogen (secondary N) is 3. The van der Waals surface area contributed by atoms with E-state index in [9.17, 15) is 14.4 Å². The summed E-state index contributed by atoms with van der Waals surface area (Å²) in [5, 5.41) is 9.05. The van der Waals surface area contributed by atoms with Crippen LogP contribution in [0.1, 0.15) is 25.3 Å². The van der Waals surface area contributed by atoms with Gasteiger partial charge in [-0.25, -0.2) is 4.79 Å². The van der Waals surface area contributed by atoms with Gasteiger partial charge in [0.15, 0.2) is 0 Å². The minimum atomic E-state index is -0.758. The van der Waals surface area contributed by atoms with Crippen LogP contribution >= 0.6 is 11.6 Å². The predicted octanol–water partition coefficient (Wildman–Crippen LogP) is 3.22. The standard InChI is InChI=1S/C25H31ClN4O5/c1-16(31)27-23(14-17-12-19(34-2)15-20(13-17)35-3)24(32)28-18-8-10-30(11-9-18)25(33)29-22-7-5-4-6-21(22)26/h4-7,12-13,15,18,23H,8-11,14H2,1-3H3,(H,27,31)(H,28,32)(H,29,33)/t23-/m0/s1. The lowest BCUT2D eigenvalue weighted by Crippen LogP contribution is -2.53. The molecule has 0 aliphatic carbocycles. The molecule has 1 atom stereocenters. The molecule has 3 N–H and O–H groups in total. The first-order chi connectivity index (χ1) is 16.8. The zero-order chi connectivity index (χ0) is 25.4. The Morgan fingerprint density at radius 1 is 1.06 bits per heavy atom. The number of anilines is 1. The Balaban J connectivity index is 1.57. The Bertz CT molecular complexity index is 1030. The van der Waals surface area contributed by atoms with Gasteiger partial charge in [0.1, 0.15) is 17.5 Å². The van der Waals surface area contributed by atoms with Gasteiger partial charge in [0.05, 0.1) is 24.9 Å². The smallest absolute Gasteiger partial charge is 0.321 e. The molecule has 4 amide bonds. The van der Waals surface area contributed by atoms with Gasteiger partial charge < -0.3 is 30.3 Å². The fourth-order valence-corrected chi connectivity index (χ4v) is 4.14. The van der Waals surface area contributed by atoms with E-state index >= 15 is 0 Å². The van der Waals surface area contributed by atoms with Crippen LogP contribution in [0.25, 0.3) is 0 Å². The molecule has 1 aliphatic rings. The number of para-hydroxylation sites is 1. The third-order valence-electron chi connectivity index (χ3n) is 5.79. The number of ether oxygens (including phenoxy) is 2. The van der Waals surface area contributed by atoms with Gasteiger partial charge in [0.25, 0.3) is 0 Å². The maximum Gasteiger partial charge on any atom is 0.321 e. The van der Waals surface area contributed by atoms with Crippen molar-refractivity contribution in [2.75, 3.05) is 32.6 Å². The van der Waals surface area contributed by atoms with Crippen LogP contribution in [0.2, 0.25) is 5.02 Å². The van der Waals surface area contributed by atoms with Crippen LogP contribution in [-0.4, -0.2) is 62.1 Å². The van der Waals surface area contributed by atoms with Crippen molar-refractivity contribution in [3.8, 4) is 11.5 Å². The molecule has 2 aromatic rings. The minimum absolute atomic E-state index is 0.108. The van der Waals surface area contributed by atoms with Crippen molar-refractivity contribution in [2.24, 2.45) is 0 Å². The van der Waals surface area contributed by atoms with Gasteiger partial charge in [0, 0.05) is 38.5 Å². The fraction of sp³-hybridized carbons (Fsp3) is 0.400. The Morgan fingerprint density at radius 3 is 2.26 bits per heavy atom. The van der Waals surface area contributed by atoms with Gasteiger partial charge in [-0.1, -0.05) is 23.7 Å². The Kier molecular flexibility index (Phi) is 9.19. The first-order valence-electron chi connectivity index (χ1n) is 11.4. The van der Waals surface area contributed by atoms with Crippen LogP contribution in [-0.2, 0) is 16.0 Å². The number of hydrogen-bond acceptors (Lipinski definition) is 5. The number of urea groups is 1. The summed E-state index contributed by atoms with van der Waals surface area (Å²) in [7, 11) is 3.11. The predicted molar refractivity (Wildman–Crippen MR) is 134 cm³/mol. The highest BCUT2D eigenvalue weighted by molar-refractivity contribution is 6.33. The van der Waals surface area contributed by atoms with Gasteiger partial charge in [-0.3, -0.25) is 9.59 Å². The number of amides is 4. The fourth-order valence-electron chi connectivity index (χ4n) is 3.96. The number of rotatable bonds is 8. The second-order valence-electron chi connectivity index (χ2n) is 8.36. The maximum atomic E-state index is 13.1. The molecule has 3 rings (SSSR count). The molecule has 9 nitrogen and oxygen atoms in total. The molecule has 1 heterocycles. The summed E-state index contributed by atoms with van der Waals surface area (Å²) in [4.78, 5) is 39.1. The maximum absolute atomic E-state index is 13.1. The normalized spacial score (nSPS) is 14.6. The molecule has 0 saturated carbocycles. The van der Waals surface area contributed by atoms with Crippen molar-refractivity contribution in [3.05, 3.63) is 53.1 Å². The zero-order valence-corrected chi connectivity index (χ0v) is 20.9. The molecule has 0 unspecified atom stereocenters. The number of piperidine rings is 1. The number of halogens is 1. The lowest BCUT2D eigenvalue weighted by Gasteiger charge is -2.33. The molecule has 188 valence electrons. The molecule has 0 spiro atoms. The summed E-state index contributed by atoms with van der Waals surface area (Å²) in [6.07, 6.45) is 1.47. The van der Waals surface area contributed by atoms with Gasteiger partial charge >= 0.3 is 6.03 Å². The van der Waals surface area contributed by atoms with E-state index in [0.29, 0.717) is 48.1 Å². The number of hydrogen-bond donors (Lipinski definition) is 3. The molecule has 2 aromatic carbocycles. The summed E-state index contributed by atoms with van der Waals surface area (Å²) in [6, 6.07) is 11.3. The van der Waals surface area contributed by atoms with E-state index in [1.165, 1.54) is 6.92 Å². The molecule has 10 heteroatoms. The second-order valence-corrected chi connectivity index (χ2v) is 8.77. The molecule has 0 radical (unpaired) electrons. The zero-order valence-electron chi connectivity index (χ0n) is 20.1. The number of benzene rings is 2. The number of carbonyl (C=O) groups is 3. The van der Waals surface area contributed by atoms with Crippen LogP contribution in [0, 0.1) is 0 Å². The molecule has 1 saturated heterocycles. The van der Waals surface area contributed by atoms with Gasteiger partial charge in [-0.15, -0.1) is 0 Å². The highest BCUT2D eigenvalue weighted by Gasteiger charge is 2.27.